The second-order valence-corrected chi connectivity index (χ2v) is 26.2. The molecule has 26 nitrogen and oxygen atoms in total. The molecule has 1 fully saturated rings. The zero-order valence-corrected chi connectivity index (χ0v) is 58.6. The summed E-state index contributed by atoms with van der Waals surface area (Å²) in [6.07, 6.45) is 3.92. The molecule has 0 aliphatic carbocycles. The zero-order chi connectivity index (χ0) is 71.5. The van der Waals surface area contributed by atoms with Crippen molar-refractivity contribution in [3.63, 3.8) is 0 Å². The fourth-order valence-corrected chi connectivity index (χ4v) is 12.5. The number of carbonyl (C=O) groups is 12. The number of methoxy groups -OCH3 is 3. The molecule has 0 aromatic heterocycles. The molecule has 1 saturated heterocycles. The van der Waals surface area contributed by atoms with Gasteiger partial charge in [-0.25, -0.2) is 14.4 Å². The number of benzene rings is 2. The summed E-state index contributed by atoms with van der Waals surface area (Å²) in [7, 11) is 7.30. The van der Waals surface area contributed by atoms with Crippen molar-refractivity contribution in [1.29, 1.82) is 0 Å². The van der Waals surface area contributed by atoms with Crippen molar-refractivity contribution in [1.82, 2.24) is 40.9 Å². The molecule has 2 aliphatic heterocycles. The van der Waals surface area contributed by atoms with Gasteiger partial charge in [0.2, 0.25) is 35.4 Å². The largest absolute Gasteiger partial charge is 0.467 e. The minimum absolute atomic E-state index is 0.111. The summed E-state index contributed by atoms with van der Waals surface area (Å²) in [6.45, 7) is 16.9. The number of Topliss-reactive ketones (excluding diaryl/α,β-unsaturated/α-hetero) is 1. The molecule has 0 spiro atoms. The smallest absolute Gasteiger partial charge is 0.410 e. The number of primary amides is 1. The topological polar surface area (TPSA) is 341 Å². The van der Waals surface area contributed by atoms with E-state index >= 15 is 0 Å². The number of anilines is 1. The van der Waals surface area contributed by atoms with Crippen molar-refractivity contribution >= 4 is 76.8 Å². The summed E-state index contributed by atoms with van der Waals surface area (Å²) >= 11 is 0. The maximum Gasteiger partial charge on any atom is 0.410 e. The molecule has 7 N–H and O–H groups in total. The number of likely N-dealkylation sites (N-methyl/N-ethyl adjacent to an activating group) is 2. The number of nitrogens with zero attached hydrogens (tertiary/aromatic N) is 4. The Balaban J connectivity index is 1.38. The summed E-state index contributed by atoms with van der Waals surface area (Å²) < 4.78 is 22.8. The summed E-state index contributed by atoms with van der Waals surface area (Å²) in [5.74, 6) is -7.30. The summed E-state index contributed by atoms with van der Waals surface area (Å²) in [4.78, 5) is 166. The number of ketones is 1. The van der Waals surface area contributed by atoms with Crippen LogP contribution in [-0.4, -0.2) is 194 Å². The van der Waals surface area contributed by atoms with Crippen molar-refractivity contribution in [2.75, 3.05) is 60.4 Å². The Labute approximate surface area is 565 Å². The lowest BCUT2D eigenvalue weighted by molar-refractivity contribution is -0.149. The molecule has 532 valence electrons. The Morgan fingerprint density at radius 3 is 1.92 bits per heavy atom. The number of amides is 11. The van der Waals surface area contributed by atoms with Gasteiger partial charge in [-0.05, 0) is 85.5 Å². The third-order valence-corrected chi connectivity index (χ3v) is 18.1. The van der Waals surface area contributed by atoms with Gasteiger partial charge in [0.05, 0.1) is 49.8 Å². The minimum atomic E-state index is -1.09. The van der Waals surface area contributed by atoms with Gasteiger partial charge >= 0.3 is 18.1 Å². The Morgan fingerprint density at radius 1 is 0.698 bits per heavy atom. The number of urea groups is 1. The molecule has 2 aliphatic rings. The highest BCUT2D eigenvalue weighted by Gasteiger charge is 2.44. The minimum Gasteiger partial charge on any atom is -0.467 e. The standard InChI is InChI=1S/C70H106N10O16/c1-15-45(8)62(54(93-12)40-58(85)79-37-23-27-52(79)63(94-13)46(9)64(86)74-51(68(90)95-14)38-47-24-18-16-19-25-47)77(10)67(89)60(43(4)5)76-66(88)61(44(6)7)78(11)70(92)96-41-48-29-31-50(32-30-48)73-65(87)49(26-22-35-72-69(71)91)39-53(81)59(42(2)3)75-55(82)28-20-17-21-36-80-56(83)33-34-57(80)84/h16,18-19,24-25,29-34,42-46,49,51-52,54,59-63H,15,17,20-23,26-28,35-41H2,1-14H3,(H,73,87)(H,74,86)(H,75,82)(H,76,88)(H3,71,72,91)/t45-,46+,49+,51-,52-,54+,59-,60-,61-,62-,63+/m0/s1. The lowest BCUT2D eigenvalue weighted by Crippen LogP contribution is -2.60. The van der Waals surface area contributed by atoms with E-state index in [1.54, 1.807) is 84.7 Å². The van der Waals surface area contributed by atoms with Crippen LogP contribution in [0.1, 0.15) is 144 Å². The van der Waals surface area contributed by atoms with Gasteiger partial charge in [-0.15, -0.1) is 0 Å². The van der Waals surface area contributed by atoms with E-state index in [-0.39, 0.29) is 93.0 Å². The van der Waals surface area contributed by atoms with Crippen molar-refractivity contribution in [3.8, 4) is 0 Å². The van der Waals surface area contributed by atoms with Crippen LogP contribution < -0.4 is 32.3 Å². The number of carbonyl (C=O) groups excluding carboxylic acids is 12. The van der Waals surface area contributed by atoms with Crippen LogP contribution in [-0.2, 0) is 79.9 Å². The van der Waals surface area contributed by atoms with Crippen molar-refractivity contribution < 1.29 is 76.5 Å². The fraction of sp³-hybridized carbons (Fsp3) is 0.629. The molecule has 96 heavy (non-hydrogen) atoms. The van der Waals surface area contributed by atoms with E-state index in [2.05, 4.69) is 26.6 Å². The first-order chi connectivity index (χ1) is 45.5. The first-order valence-corrected chi connectivity index (χ1v) is 33.5. The number of rotatable bonds is 40. The Hall–Kier alpha value is -8.26. The number of imide groups is 1. The third-order valence-electron chi connectivity index (χ3n) is 18.1. The van der Waals surface area contributed by atoms with E-state index in [1.807, 2.05) is 44.2 Å². The van der Waals surface area contributed by atoms with E-state index in [4.69, 9.17) is 24.7 Å². The van der Waals surface area contributed by atoms with Crippen LogP contribution in [0.15, 0.2) is 66.7 Å². The predicted molar refractivity (Wildman–Crippen MR) is 360 cm³/mol. The van der Waals surface area contributed by atoms with E-state index in [0.717, 1.165) is 10.5 Å². The first-order valence-electron chi connectivity index (χ1n) is 33.5. The van der Waals surface area contributed by atoms with Gasteiger partial charge in [0.25, 0.3) is 11.8 Å². The summed E-state index contributed by atoms with van der Waals surface area (Å²) in [5.41, 5.74) is 7.00. The number of nitrogens with one attached hydrogen (secondary N) is 5. The number of esters is 1. The van der Waals surface area contributed by atoms with Gasteiger partial charge in [-0.2, -0.15) is 0 Å². The summed E-state index contributed by atoms with van der Waals surface area (Å²) in [6, 6.07) is 9.82. The van der Waals surface area contributed by atoms with Gasteiger partial charge < -0.3 is 61.1 Å². The average Bonchev–Trinajstić information content (AvgIpc) is 1.55. The van der Waals surface area contributed by atoms with Gasteiger partial charge in [0, 0.05) is 91.0 Å². The van der Waals surface area contributed by atoms with Crippen LogP contribution in [0.25, 0.3) is 0 Å². The number of hydrogen-bond donors (Lipinski definition) is 6. The monoisotopic (exact) mass is 1340 g/mol. The molecule has 4 rings (SSSR count). The van der Waals surface area contributed by atoms with E-state index < -0.39 is 114 Å². The Morgan fingerprint density at radius 2 is 1.34 bits per heavy atom. The highest BCUT2D eigenvalue weighted by Crippen LogP contribution is 2.31. The van der Waals surface area contributed by atoms with Crippen LogP contribution in [0.2, 0.25) is 0 Å². The number of unbranched alkanes of at least 4 members (excludes halogenated alkanes) is 2. The molecule has 2 aromatic carbocycles. The van der Waals surface area contributed by atoms with Crippen LogP contribution in [0.4, 0.5) is 15.3 Å². The highest BCUT2D eigenvalue weighted by molar-refractivity contribution is 6.12. The molecule has 0 saturated carbocycles. The molecular weight excluding hydrogens is 1240 g/mol. The summed E-state index contributed by atoms with van der Waals surface area (Å²) in [5, 5.41) is 14.0. The molecule has 2 heterocycles. The molecule has 0 unspecified atom stereocenters. The highest BCUT2D eigenvalue weighted by atomic mass is 16.6. The molecule has 0 radical (unpaired) electrons. The second-order valence-electron chi connectivity index (χ2n) is 26.2. The lowest BCUT2D eigenvalue weighted by atomic mass is 9.89. The lowest BCUT2D eigenvalue weighted by Gasteiger charge is -2.41. The van der Waals surface area contributed by atoms with Crippen molar-refractivity contribution in [3.05, 3.63) is 77.9 Å². The van der Waals surface area contributed by atoms with E-state index in [1.165, 1.54) is 50.3 Å². The van der Waals surface area contributed by atoms with Gasteiger partial charge in [-0.3, -0.25) is 53.0 Å². The van der Waals surface area contributed by atoms with Crippen LogP contribution in [0, 0.1) is 35.5 Å². The number of ether oxygens (including phenoxy) is 4. The normalized spacial score (nSPS) is 16.9. The molecule has 11 amide bonds. The number of hydrogen-bond acceptors (Lipinski definition) is 16. The second kappa shape index (κ2) is 39.7. The molecule has 2 aromatic rings. The molecule has 0 bridgehead atoms. The van der Waals surface area contributed by atoms with Gasteiger partial charge in [-0.1, -0.05) is 118 Å². The third kappa shape index (κ3) is 23.8. The van der Waals surface area contributed by atoms with E-state index in [0.29, 0.717) is 62.7 Å². The maximum atomic E-state index is 14.8. The predicted octanol–water partition coefficient (Wildman–Crippen LogP) is 5.83. The number of nitrogens with two attached hydrogens (primary N) is 1. The SMILES string of the molecule is CC[C@H](C)[C@@H]([C@@H](CC(=O)N1CCC[C@H]1[C@H](OC)[C@@H](C)C(=O)N[C@@H](Cc1ccccc1)C(=O)OC)OC)N(C)C(=O)[C@@H](NC(=O)[C@H](C(C)C)N(C)C(=O)OCc1ccc(NC(=O)[C@H](CCCNC(N)=O)CC(=O)[C@@H](NC(=O)CCCCCN2C(=O)C=CC2=O)C(C)C)cc1)C(C)C. The number of likely N-dealkylation sites (tertiary alicyclic amines) is 1. The van der Waals surface area contributed by atoms with Crippen molar-refractivity contribution in [2.24, 2.45) is 41.2 Å². The van der Waals surface area contributed by atoms with Crippen LogP contribution in [0.3, 0.4) is 0 Å². The van der Waals surface area contributed by atoms with Crippen molar-refractivity contribution in [2.45, 2.75) is 194 Å². The quantitative estimate of drug-likeness (QED) is 0.0260. The zero-order valence-electron chi connectivity index (χ0n) is 58.6. The van der Waals surface area contributed by atoms with E-state index in [9.17, 15) is 57.5 Å². The molecule has 26 heteroatoms. The molecule has 11 atom stereocenters. The van der Waals surface area contributed by atoms with Gasteiger partial charge in [0.1, 0.15) is 24.7 Å². The van der Waals surface area contributed by atoms with Crippen LogP contribution >= 0.6 is 0 Å². The average molecular weight is 1340 g/mol. The van der Waals surface area contributed by atoms with Gasteiger partial charge in [0.15, 0.2) is 5.78 Å². The Bertz CT molecular complexity index is 2960. The Kier molecular flexibility index (Phi) is 33.2. The fourth-order valence-electron chi connectivity index (χ4n) is 12.5. The molecular formula is C70H106N10O16. The maximum absolute atomic E-state index is 14.8. The van der Waals surface area contributed by atoms with Crippen LogP contribution in [0.5, 0.6) is 0 Å². The first kappa shape index (κ1) is 80.2.